The van der Waals surface area contributed by atoms with Crippen molar-refractivity contribution < 1.29 is 9.53 Å². The summed E-state index contributed by atoms with van der Waals surface area (Å²) in [6.07, 6.45) is -0.554. The van der Waals surface area contributed by atoms with E-state index >= 15 is 0 Å². The SMILES string of the molecule is COC(=O)Nc1nc2ccc(Sc3ccccc3Br)cc2[nH]1. The Morgan fingerprint density at radius 3 is 2.91 bits per heavy atom. The Hall–Kier alpha value is -1.99. The number of carbonyl (C=O) groups is 1. The number of hydrogen-bond acceptors (Lipinski definition) is 4. The van der Waals surface area contributed by atoms with Gasteiger partial charge in [-0.15, -0.1) is 0 Å². The van der Waals surface area contributed by atoms with Gasteiger partial charge in [-0.1, -0.05) is 23.9 Å². The van der Waals surface area contributed by atoms with Crippen LogP contribution in [-0.4, -0.2) is 23.2 Å². The molecule has 112 valence electrons. The van der Waals surface area contributed by atoms with Crippen LogP contribution in [0.2, 0.25) is 0 Å². The molecular weight excluding hydrogens is 366 g/mol. The third-order valence-electron chi connectivity index (χ3n) is 2.92. The highest BCUT2D eigenvalue weighted by Crippen LogP contribution is 2.34. The first-order valence-corrected chi connectivity index (χ1v) is 8.04. The molecule has 0 saturated carbocycles. The number of aromatic nitrogens is 2. The molecule has 0 aliphatic carbocycles. The molecule has 22 heavy (non-hydrogen) atoms. The standard InChI is InChI=1S/C15H12BrN3O2S/c1-21-15(20)19-14-17-11-7-6-9(8-12(11)18-14)22-13-5-3-2-4-10(13)16/h2-8H,1H3,(H2,17,18,19,20). The van der Waals surface area contributed by atoms with Crippen molar-refractivity contribution >= 4 is 50.8 Å². The van der Waals surface area contributed by atoms with Crippen molar-refractivity contribution in [2.75, 3.05) is 12.4 Å². The van der Waals surface area contributed by atoms with E-state index < -0.39 is 6.09 Å². The van der Waals surface area contributed by atoms with E-state index in [-0.39, 0.29) is 0 Å². The largest absolute Gasteiger partial charge is 0.453 e. The number of imidazole rings is 1. The van der Waals surface area contributed by atoms with Crippen molar-refractivity contribution in [2.24, 2.45) is 0 Å². The molecule has 7 heteroatoms. The molecule has 1 amide bonds. The van der Waals surface area contributed by atoms with Gasteiger partial charge in [0.15, 0.2) is 0 Å². The van der Waals surface area contributed by atoms with E-state index in [4.69, 9.17) is 0 Å². The summed E-state index contributed by atoms with van der Waals surface area (Å²) in [6, 6.07) is 13.9. The molecule has 2 N–H and O–H groups in total. The van der Waals surface area contributed by atoms with E-state index in [2.05, 4.69) is 42.0 Å². The Bertz CT molecular complexity index is 835. The molecular formula is C15H12BrN3O2S. The Kier molecular flexibility index (Phi) is 4.35. The molecule has 1 heterocycles. The first kappa shape index (κ1) is 14.9. The normalized spacial score (nSPS) is 10.6. The zero-order valence-electron chi connectivity index (χ0n) is 11.6. The number of fused-ring (bicyclic) bond motifs is 1. The van der Waals surface area contributed by atoms with Crippen LogP contribution in [0.4, 0.5) is 10.7 Å². The first-order chi connectivity index (χ1) is 10.7. The summed E-state index contributed by atoms with van der Waals surface area (Å²) in [7, 11) is 1.31. The first-order valence-electron chi connectivity index (χ1n) is 6.43. The van der Waals surface area contributed by atoms with Gasteiger partial charge in [0, 0.05) is 14.3 Å². The predicted molar refractivity (Wildman–Crippen MR) is 90.4 cm³/mol. The summed E-state index contributed by atoms with van der Waals surface area (Å²) in [5.41, 5.74) is 1.63. The molecule has 0 aliphatic rings. The lowest BCUT2D eigenvalue weighted by Crippen LogP contribution is -2.11. The van der Waals surface area contributed by atoms with Gasteiger partial charge < -0.3 is 9.72 Å². The van der Waals surface area contributed by atoms with Crippen molar-refractivity contribution in [3.05, 3.63) is 46.9 Å². The van der Waals surface area contributed by atoms with Gasteiger partial charge in [0.25, 0.3) is 0 Å². The van der Waals surface area contributed by atoms with Crippen LogP contribution in [0.15, 0.2) is 56.7 Å². The highest BCUT2D eigenvalue weighted by atomic mass is 79.9. The molecule has 3 aromatic rings. The van der Waals surface area contributed by atoms with Gasteiger partial charge in [-0.25, -0.2) is 9.78 Å². The molecule has 0 unspecified atom stereocenters. The highest BCUT2D eigenvalue weighted by Gasteiger charge is 2.08. The van der Waals surface area contributed by atoms with Crippen LogP contribution >= 0.6 is 27.7 Å². The Balaban J connectivity index is 1.86. The number of methoxy groups -OCH3 is 1. The van der Waals surface area contributed by atoms with Crippen molar-refractivity contribution in [3.63, 3.8) is 0 Å². The van der Waals surface area contributed by atoms with Crippen LogP contribution in [0.3, 0.4) is 0 Å². The van der Waals surface area contributed by atoms with E-state index in [9.17, 15) is 4.79 Å². The summed E-state index contributed by atoms with van der Waals surface area (Å²) in [4.78, 5) is 20.7. The predicted octanol–water partition coefficient (Wildman–Crippen LogP) is 4.65. The lowest BCUT2D eigenvalue weighted by Gasteiger charge is -2.03. The molecule has 0 radical (unpaired) electrons. The fourth-order valence-electron chi connectivity index (χ4n) is 1.91. The Morgan fingerprint density at radius 2 is 2.14 bits per heavy atom. The number of H-pyrrole nitrogens is 1. The van der Waals surface area contributed by atoms with Crippen molar-refractivity contribution in [2.45, 2.75) is 9.79 Å². The molecule has 0 aliphatic heterocycles. The Morgan fingerprint density at radius 1 is 1.32 bits per heavy atom. The quantitative estimate of drug-likeness (QED) is 0.696. The van der Waals surface area contributed by atoms with Gasteiger partial charge >= 0.3 is 6.09 Å². The highest BCUT2D eigenvalue weighted by molar-refractivity contribution is 9.10. The zero-order valence-corrected chi connectivity index (χ0v) is 14.0. The van der Waals surface area contributed by atoms with Gasteiger partial charge in [0.1, 0.15) is 0 Å². The number of rotatable bonds is 3. The average Bonchev–Trinajstić information content (AvgIpc) is 2.91. The number of nitrogens with zero attached hydrogens (tertiary/aromatic N) is 1. The maximum atomic E-state index is 11.2. The third-order valence-corrected chi connectivity index (χ3v) is 4.94. The summed E-state index contributed by atoms with van der Waals surface area (Å²) < 4.78 is 5.60. The Labute approximate surface area is 139 Å². The van der Waals surface area contributed by atoms with Gasteiger partial charge in [-0.05, 0) is 46.3 Å². The lowest BCUT2D eigenvalue weighted by atomic mass is 10.3. The van der Waals surface area contributed by atoms with Crippen LogP contribution < -0.4 is 5.32 Å². The van der Waals surface area contributed by atoms with Gasteiger partial charge in [0.2, 0.25) is 5.95 Å². The van der Waals surface area contributed by atoms with E-state index in [1.807, 2.05) is 36.4 Å². The van der Waals surface area contributed by atoms with Crippen molar-refractivity contribution in [1.29, 1.82) is 0 Å². The maximum Gasteiger partial charge on any atom is 0.413 e. The zero-order chi connectivity index (χ0) is 15.5. The number of amides is 1. The molecule has 0 spiro atoms. The van der Waals surface area contributed by atoms with Gasteiger partial charge in [0.05, 0.1) is 18.1 Å². The lowest BCUT2D eigenvalue weighted by molar-refractivity contribution is 0.186. The molecule has 1 aromatic heterocycles. The van der Waals surface area contributed by atoms with Crippen LogP contribution in [0, 0.1) is 0 Å². The van der Waals surface area contributed by atoms with Crippen LogP contribution in [0.5, 0.6) is 0 Å². The van der Waals surface area contributed by atoms with Crippen molar-refractivity contribution in [1.82, 2.24) is 9.97 Å². The summed E-state index contributed by atoms with van der Waals surface area (Å²) in [5, 5.41) is 2.52. The molecule has 0 atom stereocenters. The minimum atomic E-state index is -0.554. The minimum Gasteiger partial charge on any atom is -0.453 e. The number of halogens is 1. The molecule has 3 rings (SSSR count). The summed E-state index contributed by atoms with van der Waals surface area (Å²) in [6.45, 7) is 0. The van der Waals surface area contributed by atoms with E-state index in [1.54, 1.807) is 11.8 Å². The fraction of sp³-hybridized carbons (Fsp3) is 0.0667. The molecule has 0 saturated heterocycles. The second-order valence-electron chi connectivity index (χ2n) is 4.41. The number of benzene rings is 2. The number of aromatic amines is 1. The number of hydrogen-bond donors (Lipinski definition) is 2. The van der Waals surface area contributed by atoms with Crippen LogP contribution in [0.25, 0.3) is 11.0 Å². The number of carbonyl (C=O) groups excluding carboxylic acids is 1. The summed E-state index contributed by atoms with van der Waals surface area (Å²) >= 11 is 5.19. The number of anilines is 1. The van der Waals surface area contributed by atoms with E-state index in [0.29, 0.717) is 5.95 Å². The van der Waals surface area contributed by atoms with Gasteiger partial charge in [-0.2, -0.15) is 0 Å². The minimum absolute atomic E-state index is 0.366. The topological polar surface area (TPSA) is 67.0 Å². The number of nitrogens with one attached hydrogen (secondary N) is 2. The summed E-state index contributed by atoms with van der Waals surface area (Å²) in [5.74, 6) is 0.366. The smallest absolute Gasteiger partial charge is 0.413 e. The molecule has 2 aromatic carbocycles. The fourth-order valence-corrected chi connectivity index (χ4v) is 3.32. The third kappa shape index (κ3) is 3.26. The van der Waals surface area contributed by atoms with Crippen molar-refractivity contribution in [3.8, 4) is 0 Å². The van der Waals surface area contributed by atoms with E-state index in [1.165, 1.54) is 7.11 Å². The van der Waals surface area contributed by atoms with Gasteiger partial charge in [-0.3, -0.25) is 5.32 Å². The number of ether oxygens (including phenoxy) is 1. The maximum absolute atomic E-state index is 11.2. The van der Waals surface area contributed by atoms with Crippen LogP contribution in [-0.2, 0) is 4.74 Å². The second kappa shape index (κ2) is 6.41. The monoisotopic (exact) mass is 377 g/mol. The van der Waals surface area contributed by atoms with E-state index in [0.717, 1.165) is 25.3 Å². The molecule has 0 bridgehead atoms. The molecule has 0 fully saturated rings. The average molecular weight is 378 g/mol. The second-order valence-corrected chi connectivity index (χ2v) is 6.38. The van der Waals surface area contributed by atoms with Crippen LogP contribution in [0.1, 0.15) is 0 Å². The molecule has 5 nitrogen and oxygen atoms in total.